The summed E-state index contributed by atoms with van der Waals surface area (Å²) in [6, 6.07) is 0. The van der Waals surface area contributed by atoms with Crippen molar-refractivity contribution in [2.75, 3.05) is 34.4 Å². The summed E-state index contributed by atoms with van der Waals surface area (Å²) in [7, 11) is 5.23. The Morgan fingerprint density at radius 1 is 0.833 bits per heavy atom. The normalized spacial score (nSPS) is 13.1. The van der Waals surface area contributed by atoms with Crippen molar-refractivity contribution in [2.45, 2.75) is 115 Å². The van der Waals surface area contributed by atoms with Crippen LogP contribution in [0.15, 0.2) is 12.2 Å². The van der Waals surface area contributed by atoms with Crippen LogP contribution >= 0.6 is 0 Å². The minimum absolute atomic E-state index is 0.134. The van der Waals surface area contributed by atoms with E-state index in [1.807, 2.05) is 25.1 Å². The summed E-state index contributed by atoms with van der Waals surface area (Å²) in [5, 5.41) is 10.6. The van der Waals surface area contributed by atoms with E-state index in [-0.39, 0.29) is 30.7 Å². The molecule has 0 aromatic carbocycles. The maximum absolute atomic E-state index is 12.3. The van der Waals surface area contributed by atoms with Gasteiger partial charge in [-0.05, 0) is 59.0 Å². The Hall–Kier alpha value is -1.93. The molecule has 2 atom stereocenters. The van der Waals surface area contributed by atoms with Gasteiger partial charge in [0, 0.05) is 25.8 Å². The molecule has 0 fully saturated rings. The number of rotatable bonds is 23. The van der Waals surface area contributed by atoms with Crippen molar-refractivity contribution in [3.63, 3.8) is 0 Å². The van der Waals surface area contributed by atoms with E-state index in [0.717, 1.165) is 57.8 Å². The van der Waals surface area contributed by atoms with Gasteiger partial charge in [-0.15, -0.1) is 0 Å². The lowest BCUT2D eigenvalue weighted by Crippen LogP contribution is -2.31. The van der Waals surface area contributed by atoms with Gasteiger partial charge in [0.1, 0.15) is 12.7 Å². The lowest BCUT2D eigenvalue weighted by atomic mass is 10.0. The van der Waals surface area contributed by atoms with Crippen LogP contribution in [0.1, 0.15) is 103 Å². The van der Waals surface area contributed by atoms with E-state index in [0.29, 0.717) is 38.8 Å². The second kappa shape index (κ2) is 23.5. The molecule has 0 radical (unpaired) electrons. The highest BCUT2D eigenvalue weighted by atomic mass is 16.6. The summed E-state index contributed by atoms with van der Waals surface area (Å²) in [4.78, 5) is 37.1. The lowest BCUT2D eigenvalue weighted by Gasteiger charge is -2.22. The maximum Gasteiger partial charge on any atom is 0.306 e. The average Bonchev–Trinajstić information content (AvgIpc) is 2.84. The molecule has 0 aromatic heterocycles. The molecular weight excluding hydrogens is 462 g/mol. The van der Waals surface area contributed by atoms with Crippen LogP contribution in [0.3, 0.4) is 0 Å². The quantitative estimate of drug-likeness (QED) is 0.0885. The van der Waals surface area contributed by atoms with E-state index < -0.39 is 12.2 Å². The number of allylic oxidation sites excluding steroid dienone is 1. The fraction of sp³-hybridized carbons (Fsp3) is 0.821. The number of carbonyl (C=O) groups is 3. The Morgan fingerprint density at radius 3 is 2.19 bits per heavy atom. The number of likely N-dealkylation sites (N-methyl/N-ethyl adjacent to an activating group) is 1. The number of nitrogens with zero attached hydrogens (tertiary/aromatic N) is 1. The van der Waals surface area contributed by atoms with E-state index >= 15 is 0 Å². The smallest absolute Gasteiger partial charge is 0.306 e. The number of esters is 3. The summed E-state index contributed by atoms with van der Waals surface area (Å²) in [6.45, 7) is 3.11. The number of carbonyl (C=O) groups excluding carboxylic acids is 3. The molecule has 0 saturated heterocycles. The first kappa shape index (κ1) is 34.1. The highest BCUT2D eigenvalue weighted by molar-refractivity contribution is 5.72. The third-order valence-corrected chi connectivity index (χ3v) is 5.89. The van der Waals surface area contributed by atoms with Gasteiger partial charge >= 0.3 is 17.9 Å². The molecule has 1 N–H and O–H groups in total. The largest absolute Gasteiger partial charge is 0.469 e. The molecule has 0 heterocycles. The van der Waals surface area contributed by atoms with Crippen molar-refractivity contribution < 1.29 is 33.7 Å². The van der Waals surface area contributed by atoms with Crippen LogP contribution in [0.25, 0.3) is 0 Å². The van der Waals surface area contributed by atoms with Gasteiger partial charge in [0.2, 0.25) is 0 Å². The average molecular weight is 514 g/mol. The van der Waals surface area contributed by atoms with E-state index in [1.54, 1.807) is 0 Å². The molecule has 0 saturated carbocycles. The van der Waals surface area contributed by atoms with Crippen molar-refractivity contribution in [2.24, 2.45) is 0 Å². The van der Waals surface area contributed by atoms with Crippen molar-refractivity contribution >= 4 is 17.9 Å². The van der Waals surface area contributed by atoms with Gasteiger partial charge in [-0.1, -0.05) is 51.2 Å². The highest BCUT2D eigenvalue weighted by Crippen LogP contribution is 2.16. The molecule has 0 rings (SSSR count). The van der Waals surface area contributed by atoms with Gasteiger partial charge < -0.3 is 24.2 Å². The first-order valence-corrected chi connectivity index (χ1v) is 13.7. The zero-order valence-corrected chi connectivity index (χ0v) is 23.2. The number of methoxy groups -OCH3 is 1. The van der Waals surface area contributed by atoms with Gasteiger partial charge in [0.05, 0.1) is 13.2 Å². The molecule has 8 heteroatoms. The molecule has 0 aromatic rings. The van der Waals surface area contributed by atoms with Crippen LogP contribution in [0.5, 0.6) is 0 Å². The summed E-state index contributed by atoms with van der Waals surface area (Å²) < 4.78 is 15.4. The van der Waals surface area contributed by atoms with Gasteiger partial charge in [0.15, 0.2) is 0 Å². The molecule has 0 amide bonds. The number of hydrogen-bond donors (Lipinski definition) is 1. The fourth-order valence-electron chi connectivity index (χ4n) is 3.61. The Bertz CT molecular complexity index is 607. The second-order valence-corrected chi connectivity index (χ2v) is 9.56. The molecule has 210 valence electrons. The van der Waals surface area contributed by atoms with Crippen molar-refractivity contribution in [3.8, 4) is 0 Å². The number of aliphatic hydroxyl groups is 1. The third kappa shape index (κ3) is 21.4. The molecule has 8 nitrogen and oxygen atoms in total. The van der Waals surface area contributed by atoms with Gasteiger partial charge in [-0.25, -0.2) is 0 Å². The SMILES string of the molecule is CCCCCC(OC(=O)CCCC(=O)OCCN(C)C)C(O)C/C=C\CCCCCCCC(=O)OC. The summed E-state index contributed by atoms with van der Waals surface area (Å²) in [6.07, 6.45) is 14.1. The van der Waals surface area contributed by atoms with Crippen LogP contribution < -0.4 is 0 Å². The van der Waals surface area contributed by atoms with Crippen LogP contribution in [-0.2, 0) is 28.6 Å². The van der Waals surface area contributed by atoms with Gasteiger partial charge in [-0.2, -0.15) is 0 Å². The minimum Gasteiger partial charge on any atom is -0.469 e. The number of unbranched alkanes of at least 4 members (excludes halogenated alkanes) is 7. The second-order valence-electron chi connectivity index (χ2n) is 9.56. The van der Waals surface area contributed by atoms with E-state index in [4.69, 9.17) is 9.47 Å². The van der Waals surface area contributed by atoms with Gasteiger partial charge in [-0.3, -0.25) is 14.4 Å². The topological polar surface area (TPSA) is 102 Å². The van der Waals surface area contributed by atoms with E-state index in [1.165, 1.54) is 7.11 Å². The summed E-state index contributed by atoms with van der Waals surface area (Å²) >= 11 is 0. The monoisotopic (exact) mass is 513 g/mol. The number of aliphatic hydroxyl groups excluding tert-OH is 1. The van der Waals surface area contributed by atoms with Crippen molar-refractivity contribution in [1.29, 1.82) is 0 Å². The van der Waals surface area contributed by atoms with Crippen LogP contribution in [0.2, 0.25) is 0 Å². The van der Waals surface area contributed by atoms with E-state index in [9.17, 15) is 19.5 Å². The number of ether oxygens (including phenoxy) is 3. The standard InChI is InChI=1S/C28H51NO7/c1-5-6-13-18-25(36-28(33)21-16-20-27(32)35-23-22-29(2)3)24(30)17-14-11-9-7-8-10-12-15-19-26(31)34-4/h11,14,24-25,30H,5-10,12-13,15-23H2,1-4H3/b14-11-. The zero-order chi connectivity index (χ0) is 27.0. The summed E-state index contributed by atoms with van der Waals surface area (Å²) in [5.74, 6) is -0.839. The Labute approximate surface area is 218 Å². The lowest BCUT2D eigenvalue weighted by molar-refractivity contribution is -0.156. The Balaban J connectivity index is 4.21. The van der Waals surface area contributed by atoms with Gasteiger partial charge in [0.25, 0.3) is 0 Å². The fourth-order valence-corrected chi connectivity index (χ4v) is 3.61. The molecule has 0 spiro atoms. The van der Waals surface area contributed by atoms with Crippen molar-refractivity contribution in [3.05, 3.63) is 12.2 Å². The van der Waals surface area contributed by atoms with Crippen LogP contribution in [-0.4, -0.2) is 74.5 Å². The molecule has 36 heavy (non-hydrogen) atoms. The maximum atomic E-state index is 12.3. The third-order valence-electron chi connectivity index (χ3n) is 5.89. The predicted octanol–water partition coefficient (Wildman–Crippen LogP) is 4.96. The predicted molar refractivity (Wildman–Crippen MR) is 141 cm³/mol. The van der Waals surface area contributed by atoms with Crippen molar-refractivity contribution in [1.82, 2.24) is 4.90 Å². The summed E-state index contributed by atoms with van der Waals surface area (Å²) in [5.41, 5.74) is 0. The number of hydrogen-bond acceptors (Lipinski definition) is 8. The van der Waals surface area contributed by atoms with E-state index in [2.05, 4.69) is 17.7 Å². The molecule has 0 aliphatic rings. The van der Waals surface area contributed by atoms with Crippen LogP contribution in [0.4, 0.5) is 0 Å². The molecule has 0 bridgehead atoms. The first-order valence-electron chi connectivity index (χ1n) is 13.7. The minimum atomic E-state index is -0.739. The molecule has 0 aliphatic carbocycles. The Morgan fingerprint density at radius 2 is 1.50 bits per heavy atom. The molecular formula is C28H51NO7. The molecule has 2 unspecified atom stereocenters. The Kier molecular flexibility index (Phi) is 22.2. The molecule has 0 aliphatic heterocycles. The highest BCUT2D eigenvalue weighted by Gasteiger charge is 2.22. The van der Waals surface area contributed by atoms with Crippen LogP contribution in [0, 0.1) is 0 Å². The zero-order valence-electron chi connectivity index (χ0n) is 23.2. The first-order chi connectivity index (χ1) is 17.3.